The van der Waals surface area contributed by atoms with Crippen molar-refractivity contribution in [1.29, 1.82) is 0 Å². The second kappa shape index (κ2) is 13.9. The van der Waals surface area contributed by atoms with Gasteiger partial charge in [0.05, 0.1) is 32.4 Å². The number of Topliss-reactive ketones (excluding diaryl/α,β-unsaturated/α-hetero) is 2. The predicted molar refractivity (Wildman–Crippen MR) is 153 cm³/mol. The second-order valence-corrected chi connectivity index (χ2v) is 11.3. The lowest BCUT2D eigenvalue weighted by atomic mass is 9.94. The van der Waals surface area contributed by atoms with E-state index in [1.807, 2.05) is 35.2 Å². The average molecular weight is 582 g/mol. The molecule has 42 heavy (non-hydrogen) atoms. The highest BCUT2D eigenvalue weighted by molar-refractivity contribution is 5.98. The van der Waals surface area contributed by atoms with Crippen molar-refractivity contribution in [3.63, 3.8) is 0 Å². The van der Waals surface area contributed by atoms with Crippen molar-refractivity contribution in [2.24, 2.45) is 5.92 Å². The van der Waals surface area contributed by atoms with E-state index < -0.39 is 35.4 Å². The van der Waals surface area contributed by atoms with Crippen molar-refractivity contribution in [2.75, 3.05) is 39.5 Å². The molecular weight excluding hydrogens is 542 g/mol. The third kappa shape index (κ3) is 8.85. The summed E-state index contributed by atoms with van der Waals surface area (Å²) in [5.41, 5.74) is 0.247. The molecule has 2 aromatic rings. The molecular formula is C31H39N3O8. The number of phenolic OH excluding ortho intramolecular Hbond substituents is 2. The molecule has 0 unspecified atom stereocenters. The number of ketones is 2. The molecule has 11 nitrogen and oxygen atoms in total. The third-order valence-corrected chi connectivity index (χ3v) is 7.53. The predicted octanol–water partition coefficient (Wildman–Crippen LogP) is 1.14. The molecule has 11 heteroatoms. The van der Waals surface area contributed by atoms with Gasteiger partial charge in [-0.1, -0.05) is 37.3 Å². The van der Waals surface area contributed by atoms with Crippen LogP contribution >= 0.6 is 0 Å². The second-order valence-electron chi connectivity index (χ2n) is 11.3. The van der Waals surface area contributed by atoms with Crippen molar-refractivity contribution in [3.8, 4) is 11.5 Å². The van der Waals surface area contributed by atoms with Gasteiger partial charge in [-0.3, -0.25) is 24.1 Å². The molecule has 2 amide bonds. The summed E-state index contributed by atoms with van der Waals surface area (Å²) in [6.07, 6.45) is 0.146. The summed E-state index contributed by atoms with van der Waals surface area (Å²) >= 11 is 0. The van der Waals surface area contributed by atoms with E-state index in [1.165, 1.54) is 12.1 Å². The number of nitrogens with one attached hydrogen (secondary N) is 2. The number of benzene rings is 2. The van der Waals surface area contributed by atoms with Crippen LogP contribution in [0.3, 0.4) is 0 Å². The Labute approximate surface area is 245 Å². The fraction of sp³-hybridized carbons (Fsp3) is 0.484. The van der Waals surface area contributed by atoms with E-state index >= 15 is 0 Å². The van der Waals surface area contributed by atoms with Gasteiger partial charge in [-0.15, -0.1) is 0 Å². The van der Waals surface area contributed by atoms with E-state index in [1.54, 1.807) is 13.8 Å². The Kier molecular flexibility index (Phi) is 10.3. The number of amides is 2. The minimum Gasteiger partial charge on any atom is -0.508 e. The first kappa shape index (κ1) is 31.1. The molecule has 0 spiro atoms. The van der Waals surface area contributed by atoms with Crippen LogP contribution in [0.5, 0.6) is 11.5 Å². The third-order valence-electron chi connectivity index (χ3n) is 7.53. The van der Waals surface area contributed by atoms with Crippen LogP contribution in [0.1, 0.15) is 31.4 Å². The van der Waals surface area contributed by atoms with Crippen LogP contribution < -0.4 is 10.6 Å². The fourth-order valence-electron chi connectivity index (χ4n) is 4.99. The molecule has 226 valence electrons. The zero-order chi connectivity index (χ0) is 30.3. The van der Waals surface area contributed by atoms with Crippen LogP contribution in [0.15, 0.2) is 48.5 Å². The first-order valence-corrected chi connectivity index (χ1v) is 14.2. The van der Waals surface area contributed by atoms with Crippen molar-refractivity contribution in [2.45, 2.75) is 50.8 Å². The highest BCUT2D eigenvalue weighted by Gasteiger charge is 2.50. The van der Waals surface area contributed by atoms with Gasteiger partial charge in [0, 0.05) is 37.9 Å². The van der Waals surface area contributed by atoms with Crippen LogP contribution in [0.4, 0.5) is 0 Å². The van der Waals surface area contributed by atoms with Gasteiger partial charge in [-0.25, -0.2) is 0 Å². The van der Waals surface area contributed by atoms with Crippen LogP contribution in [0.25, 0.3) is 0 Å². The number of phenols is 2. The molecule has 2 aliphatic heterocycles. The fourth-order valence-corrected chi connectivity index (χ4v) is 4.99. The molecule has 0 radical (unpaired) electrons. The Balaban J connectivity index is 1.48. The zero-order valence-electron chi connectivity index (χ0n) is 24.0. The number of hydrogen-bond acceptors (Lipinski definition) is 9. The SMILES string of the molecule is C[C@H](CC(=O)CN1CCOCC1)C(=O)N[C@@H](Cc1cc(O)cc(O)c1)C(=O)N[C@@H](Cc1ccccc1)C(=O)[C@@]1(C)CO1. The summed E-state index contributed by atoms with van der Waals surface area (Å²) in [6.45, 7) is 6.19. The van der Waals surface area contributed by atoms with Gasteiger partial charge in [0.15, 0.2) is 5.78 Å². The molecule has 4 rings (SSSR count). The van der Waals surface area contributed by atoms with Crippen LogP contribution in [-0.4, -0.2) is 95.6 Å². The van der Waals surface area contributed by atoms with Gasteiger partial charge in [0.2, 0.25) is 11.8 Å². The maximum atomic E-state index is 13.7. The average Bonchev–Trinajstić information content (AvgIpc) is 3.70. The smallest absolute Gasteiger partial charge is 0.243 e. The minimum absolute atomic E-state index is 0.00471. The van der Waals surface area contributed by atoms with Crippen molar-refractivity contribution < 1.29 is 38.9 Å². The van der Waals surface area contributed by atoms with Crippen molar-refractivity contribution >= 4 is 23.4 Å². The Bertz CT molecular complexity index is 1250. The number of epoxide rings is 1. The van der Waals surface area contributed by atoms with Crippen LogP contribution in [0.2, 0.25) is 0 Å². The number of aromatic hydroxyl groups is 2. The highest BCUT2D eigenvalue weighted by Crippen LogP contribution is 2.29. The molecule has 2 saturated heterocycles. The van der Waals surface area contributed by atoms with E-state index in [4.69, 9.17) is 9.47 Å². The molecule has 2 aromatic carbocycles. The number of ether oxygens (including phenoxy) is 2. The summed E-state index contributed by atoms with van der Waals surface area (Å²) in [5.74, 6) is -2.60. The molecule has 2 aliphatic rings. The zero-order valence-corrected chi connectivity index (χ0v) is 24.0. The summed E-state index contributed by atoms with van der Waals surface area (Å²) in [7, 11) is 0. The molecule has 2 heterocycles. The first-order valence-electron chi connectivity index (χ1n) is 14.2. The molecule has 2 fully saturated rings. The number of carbonyl (C=O) groups excluding carboxylic acids is 4. The summed E-state index contributed by atoms with van der Waals surface area (Å²) in [4.78, 5) is 54.9. The van der Waals surface area contributed by atoms with Gasteiger partial charge in [0.25, 0.3) is 0 Å². The molecule has 4 N–H and O–H groups in total. The Morgan fingerprint density at radius 1 is 0.905 bits per heavy atom. The van der Waals surface area contributed by atoms with Crippen LogP contribution in [0, 0.1) is 5.92 Å². The quantitative estimate of drug-likeness (QED) is 0.240. The number of carbonyl (C=O) groups is 4. The Morgan fingerprint density at radius 3 is 2.12 bits per heavy atom. The lowest BCUT2D eigenvalue weighted by Crippen LogP contribution is -2.55. The largest absolute Gasteiger partial charge is 0.508 e. The van der Waals surface area contributed by atoms with E-state index in [9.17, 15) is 29.4 Å². The van der Waals surface area contributed by atoms with Crippen LogP contribution in [-0.2, 0) is 41.5 Å². The monoisotopic (exact) mass is 581 g/mol. The van der Waals surface area contributed by atoms with Crippen molar-refractivity contribution in [3.05, 3.63) is 59.7 Å². The Morgan fingerprint density at radius 2 is 1.50 bits per heavy atom. The summed E-state index contributed by atoms with van der Waals surface area (Å²) < 4.78 is 10.7. The van der Waals surface area contributed by atoms with Crippen molar-refractivity contribution in [1.82, 2.24) is 15.5 Å². The highest BCUT2D eigenvalue weighted by atomic mass is 16.6. The number of morpholine rings is 1. The number of nitrogens with zero attached hydrogens (tertiary/aromatic N) is 1. The minimum atomic E-state index is -1.16. The first-order chi connectivity index (χ1) is 20.0. The molecule has 0 saturated carbocycles. The lowest BCUT2D eigenvalue weighted by molar-refractivity contribution is -0.134. The molecule has 0 aromatic heterocycles. The lowest BCUT2D eigenvalue weighted by Gasteiger charge is -2.27. The summed E-state index contributed by atoms with van der Waals surface area (Å²) in [5, 5.41) is 25.5. The molecule has 0 aliphatic carbocycles. The van der Waals surface area contributed by atoms with E-state index in [-0.39, 0.29) is 55.5 Å². The topological polar surface area (TPSA) is 158 Å². The van der Waals surface area contributed by atoms with E-state index in [2.05, 4.69) is 10.6 Å². The van der Waals surface area contributed by atoms with Gasteiger partial charge in [-0.2, -0.15) is 0 Å². The standard InChI is InChI=1S/C31H39N3O8/c1-20(12-25(37)18-34-8-10-41-11-9-34)29(39)33-27(16-22-13-23(35)17-24(36)14-22)30(40)32-26(28(38)31(2)19-42-31)15-21-6-4-3-5-7-21/h3-7,13-14,17,20,26-27,35-36H,8-12,15-16,18-19H2,1-2H3,(H,32,40)(H,33,39)/t20-,26+,27+,31-/m1/s1. The van der Waals surface area contributed by atoms with E-state index in [0.29, 0.717) is 31.9 Å². The maximum absolute atomic E-state index is 13.7. The summed E-state index contributed by atoms with van der Waals surface area (Å²) in [6, 6.07) is 11.1. The number of rotatable bonds is 14. The van der Waals surface area contributed by atoms with Gasteiger partial charge < -0.3 is 30.3 Å². The molecule has 0 bridgehead atoms. The molecule has 4 atom stereocenters. The van der Waals surface area contributed by atoms with Gasteiger partial charge in [-0.05, 0) is 36.6 Å². The number of hydrogen-bond donors (Lipinski definition) is 4. The van der Waals surface area contributed by atoms with Gasteiger partial charge >= 0.3 is 0 Å². The van der Waals surface area contributed by atoms with E-state index in [0.717, 1.165) is 11.6 Å². The van der Waals surface area contributed by atoms with Gasteiger partial charge in [0.1, 0.15) is 28.9 Å². The Hall–Kier alpha value is -3.80. The maximum Gasteiger partial charge on any atom is 0.243 e. The normalized spacial score (nSPS) is 20.6.